The van der Waals surface area contributed by atoms with Gasteiger partial charge in [0.2, 0.25) is 5.91 Å². The van der Waals surface area contributed by atoms with Crippen LogP contribution in [0, 0.1) is 10.1 Å². The first-order chi connectivity index (χ1) is 19.6. The van der Waals surface area contributed by atoms with Crippen molar-refractivity contribution in [2.45, 2.75) is 57.7 Å². The topological polar surface area (TPSA) is 119 Å². The van der Waals surface area contributed by atoms with Crippen molar-refractivity contribution in [3.8, 4) is 5.75 Å². The molecule has 13 heteroatoms. The first kappa shape index (κ1) is 28.4. The van der Waals surface area contributed by atoms with Crippen LogP contribution in [0.4, 0.5) is 24.5 Å². The molecular formula is C28H28F3N3O7. The molecule has 2 aromatic carbocycles. The number of amides is 1. The lowest BCUT2D eigenvalue weighted by molar-refractivity contribution is -0.384. The molecule has 218 valence electrons. The number of benzene rings is 2. The van der Waals surface area contributed by atoms with Crippen molar-refractivity contribution >= 4 is 28.3 Å². The molecule has 0 N–H and O–H groups in total. The number of nitro benzene ring substituents is 1. The van der Waals surface area contributed by atoms with Gasteiger partial charge in [-0.3, -0.25) is 14.9 Å². The second kappa shape index (κ2) is 11.4. The molecule has 0 saturated carbocycles. The first-order valence-corrected chi connectivity index (χ1v) is 13.3. The van der Waals surface area contributed by atoms with Gasteiger partial charge in [-0.2, -0.15) is 13.2 Å². The lowest BCUT2D eigenvalue weighted by Gasteiger charge is -2.31. The van der Waals surface area contributed by atoms with E-state index in [0.29, 0.717) is 61.9 Å². The Balaban J connectivity index is 1.13. The number of nitro groups is 1. The van der Waals surface area contributed by atoms with Crippen LogP contribution in [-0.2, 0) is 22.1 Å². The maximum absolute atomic E-state index is 13.5. The zero-order chi connectivity index (χ0) is 29.3. The Labute approximate surface area is 232 Å². The number of aryl methyl sites for hydroxylation is 1. The molecule has 10 nitrogen and oxygen atoms in total. The van der Waals surface area contributed by atoms with Crippen LogP contribution in [0.2, 0.25) is 0 Å². The maximum atomic E-state index is 13.5. The SMILES string of the molecule is CCCc1c(OCCCCCN2C(=O)CN(c3ccc([N+](=O)[O-])cc3)C3OC32)ccc2c(C(F)(F)F)cc(=O)oc12. The molecule has 0 aliphatic carbocycles. The number of ether oxygens (including phenoxy) is 2. The highest BCUT2D eigenvalue weighted by atomic mass is 19.4. The number of piperazine rings is 1. The molecule has 2 saturated heterocycles. The monoisotopic (exact) mass is 575 g/mol. The summed E-state index contributed by atoms with van der Waals surface area (Å²) in [5.74, 6) is 0.284. The summed E-state index contributed by atoms with van der Waals surface area (Å²) in [4.78, 5) is 38.6. The van der Waals surface area contributed by atoms with E-state index in [9.17, 15) is 32.9 Å². The quantitative estimate of drug-likeness (QED) is 0.100. The van der Waals surface area contributed by atoms with Crippen LogP contribution in [0.1, 0.15) is 43.7 Å². The number of fused-ring (bicyclic) bond motifs is 2. The Morgan fingerprint density at radius 2 is 1.83 bits per heavy atom. The highest BCUT2D eigenvalue weighted by Gasteiger charge is 2.54. The number of alkyl halides is 3. The van der Waals surface area contributed by atoms with Crippen molar-refractivity contribution in [1.82, 2.24) is 4.90 Å². The van der Waals surface area contributed by atoms with Gasteiger partial charge in [0, 0.05) is 41.4 Å². The van der Waals surface area contributed by atoms with E-state index in [4.69, 9.17) is 13.9 Å². The largest absolute Gasteiger partial charge is 0.493 e. The standard InChI is InChI=1S/C28H28F3N3O7/c1-2-6-20-22(12-11-19-21(28(29,30)31)15-24(36)40-25(19)20)39-14-5-3-4-13-32-23(35)16-33(27-26(32)41-27)17-7-9-18(10-8-17)34(37)38/h7-12,15,26-27H,2-6,13-14,16H2,1H3. The molecule has 2 atom stereocenters. The van der Waals surface area contributed by atoms with Crippen molar-refractivity contribution < 1.29 is 36.8 Å². The lowest BCUT2D eigenvalue weighted by atomic mass is 10.0. The van der Waals surface area contributed by atoms with Crippen molar-refractivity contribution in [2.24, 2.45) is 0 Å². The Bertz CT molecular complexity index is 1510. The van der Waals surface area contributed by atoms with Crippen molar-refractivity contribution in [3.63, 3.8) is 0 Å². The number of carbonyl (C=O) groups is 1. The molecule has 2 fully saturated rings. The summed E-state index contributed by atoms with van der Waals surface area (Å²) in [7, 11) is 0. The third-order valence-electron chi connectivity index (χ3n) is 7.16. The van der Waals surface area contributed by atoms with E-state index in [1.54, 1.807) is 21.9 Å². The number of anilines is 1. The van der Waals surface area contributed by atoms with E-state index in [0.717, 1.165) is 6.42 Å². The van der Waals surface area contributed by atoms with E-state index in [2.05, 4.69) is 0 Å². The summed E-state index contributed by atoms with van der Waals surface area (Å²) in [5.41, 5.74) is -1.11. The third kappa shape index (κ3) is 5.99. The van der Waals surface area contributed by atoms with E-state index in [1.165, 1.54) is 24.3 Å². The number of nitrogens with zero attached hydrogens (tertiary/aromatic N) is 3. The zero-order valence-corrected chi connectivity index (χ0v) is 22.2. The van der Waals surface area contributed by atoms with Crippen LogP contribution in [-0.4, -0.2) is 47.9 Å². The second-order valence-corrected chi connectivity index (χ2v) is 9.96. The van der Waals surface area contributed by atoms with Crippen molar-refractivity contribution in [2.75, 3.05) is 24.6 Å². The Morgan fingerprint density at radius 1 is 1.07 bits per heavy atom. The smallest absolute Gasteiger partial charge is 0.417 e. The Morgan fingerprint density at radius 3 is 2.51 bits per heavy atom. The van der Waals surface area contributed by atoms with E-state index >= 15 is 0 Å². The second-order valence-electron chi connectivity index (χ2n) is 9.96. The highest BCUT2D eigenvalue weighted by Crippen LogP contribution is 2.39. The average Bonchev–Trinajstić information content (AvgIpc) is 3.72. The Hall–Kier alpha value is -4.13. The zero-order valence-electron chi connectivity index (χ0n) is 22.2. The van der Waals surface area contributed by atoms with Gasteiger partial charge in [-0.25, -0.2) is 4.79 Å². The van der Waals surface area contributed by atoms with Gasteiger partial charge in [0.05, 0.1) is 23.6 Å². The molecule has 2 aliphatic rings. The van der Waals surface area contributed by atoms with Gasteiger partial charge in [-0.05, 0) is 49.9 Å². The Kier molecular flexibility index (Phi) is 7.89. The van der Waals surface area contributed by atoms with Crippen LogP contribution in [0.15, 0.2) is 51.7 Å². The molecule has 5 rings (SSSR count). The first-order valence-electron chi connectivity index (χ1n) is 13.3. The highest BCUT2D eigenvalue weighted by molar-refractivity contribution is 5.86. The summed E-state index contributed by atoms with van der Waals surface area (Å²) in [6, 6.07) is 9.21. The molecular weight excluding hydrogens is 547 g/mol. The normalized spacial score (nSPS) is 18.5. The van der Waals surface area contributed by atoms with Crippen LogP contribution in [0.25, 0.3) is 11.0 Å². The van der Waals surface area contributed by atoms with Crippen LogP contribution >= 0.6 is 0 Å². The van der Waals surface area contributed by atoms with Crippen LogP contribution in [0.3, 0.4) is 0 Å². The van der Waals surface area contributed by atoms with Crippen molar-refractivity contribution in [1.29, 1.82) is 0 Å². The fourth-order valence-corrected chi connectivity index (χ4v) is 5.14. The summed E-state index contributed by atoms with van der Waals surface area (Å²) in [6.07, 6.45) is -2.28. The summed E-state index contributed by atoms with van der Waals surface area (Å²) < 4.78 is 57.3. The summed E-state index contributed by atoms with van der Waals surface area (Å²) in [5, 5.41) is 10.7. The molecule has 3 aromatic rings. The number of carbonyl (C=O) groups excluding carboxylic acids is 1. The van der Waals surface area contributed by atoms with E-state index in [1.807, 2.05) is 6.92 Å². The fourth-order valence-electron chi connectivity index (χ4n) is 5.14. The fraction of sp³-hybridized carbons (Fsp3) is 0.429. The van der Waals surface area contributed by atoms with E-state index < -0.39 is 22.3 Å². The molecule has 0 radical (unpaired) electrons. The molecule has 3 heterocycles. The number of hydrogen-bond donors (Lipinski definition) is 0. The third-order valence-corrected chi connectivity index (χ3v) is 7.16. The molecule has 2 aliphatic heterocycles. The van der Waals surface area contributed by atoms with Gasteiger partial charge in [0.1, 0.15) is 11.3 Å². The minimum absolute atomic E-state index is 0.0275. The average molecular weight is 576 g/mol. The molecule has 2 unspecified atom stereocenters. The molecule has 1 amide bonds. The number of unbranched alkanes of at least 4 members (excludes halogenated alkanes) is 2. The molecule has 0 spiro atoms. The van der Waals surface area contributed by atoms with Crippen LogP contribution in [0.5, 0.6) is 5.75 Å². The molecule has 1 aromatic heterocycles. The van der Waals surface area contributed by atoms with Gasteiger partial charge in [0.15, 0.2) is 12.5 Å². The maximum Gasteiger partial charge on any atom is 0.417 e. The van der Waals surface area contributed by atoms with Gasteiger partial charge in [-0.15, -0.1) is 0 Å². The van der Waals surface area contributed by atoms with Gasteiger partial charge in [0.25, 0.3) is 5.69 Å². The number of rotatable bonds is 11. The predicted octanol–water partition coefficient (Wildman–Crippen LogP) is 5.25. The van der Waals surface area contributed by atoms with Crippen molar-refractivity contribution in [3.05, 3.63) is 74.1 Å². The minimum Gasteiger partial charge on any atom is -0.493 e. The minimum atomic E-state index is -4.69. The lowest BCUT2D eigenvalue weighted by Crippen LogP contribution is -2.50. The van der Waals surface area contributed by atoms with Gasteiger partial charge in [-0.1, -0.05) is 13.3 Å². The molecule has 0 bridgehead atoms. The van der Waals surface area contributed by atoms with Gasteiger partial charge < -0.3 is 23.7 Å². The van der Waals surface area contributed by atoms with E-state index in [-0.39, 0.29) is 41.6 Å². The number of non-ortho nitro benzene ring substituents is 1. The molecule has 41 heavy (non-hydrogen) atoms. The number of halogens is 3. The van der Waals surface area contributed by atoms with Gasteiger partial charge >= 0.3 is 11.8 Å². The summed E-state index contributed by atoms with van der Waals surface area (Å²) >= 11 is 0. The van der Waals surface area contributed by atoms with Crippen LogP contribution < -0.4 is 15.3 Å². The predicted molar refractivity (Wildman–Crippen MR) is 142 cm³/mol. The summed E-state index contributed by atoms with van der Waals surface area (Å²) in [6.45, 7) is 2.78. The number of hydrogen-bond acceptors (Lipinski definition) is 8. The number of epoxide rings is 1.